The predicted molar refractivity (Wildman–Crippen MR) is 63.8 cm³/mol. The van der Waals surface area contributed by atoms with Crippen LogP contribution in [0.5, 0.6) is 0 Å². The van der Waals surface area contributed by atoms with E-state index in [1.807, 2.05) is 13.0 Å². The van der Waals surface area contributed by atoms with Gasteiger partial charge in [0.25, 0.3) is 0 Å². The smallest absolute Gasteiger partial charge is 0.234 e. The molecule has 94 valence electrons. The third kappa shape index (κ3) is 1.89. The second kappa shape index (κ2) is 4.47. The molecule has 0 bridgehead atoms. The van der Waals surface area contributed by atoms with Gasteiger partial charge in [-0.15, -0.1) is 0 Å². The maximum absolute atomic E-state index is 5.93. The van der Waals surface area contributed by atoms with Crippen LogP contribution in [0.15, 0.2) is 23.0 Å². The first-order valence-corrected chi connectivity index (χ1v) is 5.83. The summed E-state index contributed by atoms with van der Waals surface area (Å²) >= 11 is 0. The van der Waals surface area contributed by atoms with Gasteiger partial charge in [-0.2, -0.15) is 4.98 Å². The number of rotatable bonds is 2. The van der Waals surface area contributed by atoms with E-state index in [0.717, 1.165) is 11.1 Å². The molecule has 2 N–H and O–H groups in total. The van der Waals surface area contributed by atoms with Crippen LogP contribution in [0, 0.1) is 6.92 Å². The maximum atomic E-state index is 5.93. The molecule has 0 amide bonds. The van der Waals surface area contributed by atoms with Gasteiger partial charge in [0.2, 0.25) is 11.7 Å². The number of hydrogen-bond donors (Lipinski definition) is 1. The Balaban J connectivity index is 1.92. The van der Waals surface area contributed by atoms with Gasteiger partial charge in [0.05, 0.1) is 19.1 Å². The van der Waals surface area contributed by atoms with Crippen molar-refractivity contribution in [1.29, 1.82) is 0 Å². The molecule has 2 aromatic heterocycles. The second-order valence-corrected chi connectivity index (χ2v) is 4.45. The molecule has 0 aliphatic carbocycles. The summed E-state index contributed by atoms with van der Waals surface area (Å²) < 4.78 is 10.6. The molecule has 2 aromatic rings. The van der Waals surface area contributed by atoms with E-state index in [1.54, 1.807) is 12.4 Å². The van der Waals surface area contributed by atoms with Crippen molar-refractivity contribution in [2.45, 2.75) is 18.9 Å². The van der Waals surface area contributed by atoms with Crippen molar-refractivity contribution in [2.24, 2.45) is 5.73 Å². The SMILES string of the molecule is Cc1cnccc1-c1noc(C2COCC2N)n1. The fourth-order valence-electron chi connectivity index (χ4n) is 2.04. The summed E-state index contributed by atoms with van der Waals surface area (Å²) in [6, 6.07) is 1.80. The molecule has 6 nitrogen and oxygen atoms in total. The van der Waals surface area contributed by atoms with Crippen LogP contribution in [0.1, 0.15) is 17.4 Å². The minimum absolute atomic E-state index is 0.00612. The van der Waals surface area contributed by atoms with Crippen LogP contribution in [0.2, 0.25) is 0 Å². The molecule has 0 spiro atoms. The monoisotopic (exact) mass is 246 g/mol. The molecule has 3 rings (SSSR count). The highest BCUT2D eigenvalue weighted by atomic mass is 16.5. The van der Waals surface area contributed by atoms with E-state index >= 15 is 0 Å². The zero-order valence-corrected chi connectivity index (χ0v) is 10.0. The molecule has 18 heavy (non-hydrogen) atoms. The molecule has 3 heterocycles. The average molecular weight is 246 g/mol. The fourth-order valence-corrected chi connectivity index (χ4v) is 2.04. The molecular formula is C12H14N4O2. The van der Waals surface area contributed by atoms with Crippen LogP contribution in [-0.2, 0) is 4.74 Å². The van der Waals surface area contributed by atoms with Crippen LogP contribution in [0.4, 0.5) is 0 Å². The lowest BCUT2D eigenvalue weighted by Gasteiger charge is -2.06. The van der Waals surface area contributed by atoms with Gasteiger partial charge in [-0.3, -0.25) is 4.98 Å². The number of pyridine rings is 1. The van der Waals surface area contributed by atoms with Gasteiger partial charge in [-0.25, -0.2) is 0 Å². The Morgan fingerprint density at radius 1 is 1.39 bits per heavy atom. The normalized spacial score (nSPS) is 23.4. The number of ether oxygens (including phenoxy) is 1. The average Bonchev–Trinajstić information content (AvgIpc) is 2.98. The van der Waals surface area contributed by atoms with E-state index in [-0.39, 0.29) is 12.0 Å². The Bertz CT molecular complexity index is 555. The third-order valence-electron chi connectivity index (χ3n) is 3.14. The summed E-state index contributed by atoms with van der Waals surface area (Å²) in [5.41, 5.74) is 7.86. The molecule has 0 saturated carbocycles. The Morgan fingerprint density at radius 2 is 2.28 bits per heavy atom. The molecular weight excluding hydrogens is 232 g/mol. The molecule has 1 saturated heterocycles. The van der Waals surface area contributed by atoms with Gasteiger partial charge in [0.1, 0.15) is 0 Å². The number of hydrogen-bond acceptors (Lipinski definition) is 6. The zero-order valence-electron chi connectivity index (χ0n) is 10.0. The van der Waals surface area contributed by atoms with E-state index < -0.39 is 0 Å². The predicted octanol–water partition coefficient (Wildman–Crippen LogP) is 0.881. The zero-order chi connectivity index (χ0) is 12.5. The van der Waals surface area contributed by atoms with Gasteiger partial charge in [-0.1, -0.05) is 5.16 Å². The van der Waals surface area contributed by atoms with E-state index in [4.69, 9.17) is 15.0 Å². The third-order valence-corrected chi connectivity index (χ3v) is 3.14. The summed E-state index contributed by atoms with van der Waals surface area (Å²) in [6.45, 7) is 3.04. The van der Waals surface area contributed by atoms with Crippen LogP contribution in [-0.4, -0.2) is 34.4 Å². The fraction of sp³-hybridized carbons (Fsp3) is 0.417. The van der Waals surface area contributed by atoms with Gasteiger partial charge in [0.15, 0.2) is 0 Å². The first kappa shape index (κ1) is 11.3. The lowest BCUT2D eigenvalue weighted by Crippen LogP contribution is -2.26. The highest BCUT2D eigenvalue weighted by molar-refractivity contribution is 5.58. The van der Waals surface area contributed by atoms with Crippen LogP contribution >= 0.6 is 0 Å². The minimum atomic E-state index is -0.0724. The van der Waals surface area contributed by atoms with Crippen molar-refractivity contribution < 1.29 is 9.26 Å². The van der Waals surface area contributed by atoms with Crippen LogP contribution in [0.25, 0.3) is 11.4 Å². The van der Waals surface area contributed by atoms with Gasteiger partial charge in [-0.05, 0) is 18.6 Å². The Labute approximate surface area is 104 Å². The van der Waals surface area contributed by atoms with E-state index in [0.29, 0.717) is 24.9 Å². The van der Waals surface area contributed by atoms with Crippen LogP contribution < -0.4 is 5.73 Å². The lowest BCUT2D eigenvalue weighted by atomic mass is 10.1. The van der Waals surface area contributed by atoms with Crippen molar-refractivity contribution in [3.05, 3.63) is 29.9 Å². The standard InChI is InChI=1S/C12H14N4O2/c1-7-4-14-3-2-8(7)11-15-12(18-16-11)9-5-17-6-10(9)13/h2-4,9-10H,5-6,13H2,1H3. The Hall–Kier alpha value is -1.79. The van der Waals surface area contributed by atoms with Gasteiger partial charge >= 0.3 is 0 Å². The summed E-state index contributed by atoms with van der Waals surface area (Å²) in [5.74, 6) is 1.11. The molecule has 1 fully saturated rings. The minimum Gasteiger partial charge on any atom is -0.379 e. The van der Waals surface area contributed by atoms with E-state index in [9.17, 15) is 0 Å². The summed E-state index contributed by atoms with van der Waals surface area (Å²) in [6.07, 6.45) is 3.48. The van der Waals surface area contributed by atoms with E-state index in [1.165, 1.54) is 0 Å². The van der Waals surface area contributed by atoms with Crippen molar-refractivity contribution in [2.75, 3.05) is 13.2 Å². The molecule has 0 radical (unpaired) electrons. The van der Waals surface area contributed by atoms with Crippen molar-refractivity contribution in [3.8, 4) is 11.4 Å². The molecule has 1 aliphatic heterocycles. The Morgan fingerprint density at radius 3 is 3.00 bits per heavy atom. The van der Waals surface area contributed by atoms with Crippen molar-refractivity contribution in [1.82, 2.24) is 15.1 Å². The number of aryl methyl sites for hydroxylation is 1. The first-order chi connectivity index (χ1) is 8.75. The maximum Gasteiger partial charge on any atom is 0.234 e. The van der Waals surface area contributed by atoms with Crippen molar-refractivity contribution >= 4 is 0 Å². The first-order valence-electron chi connectivity index (χ1n) is 5.83. The van der Waals surface area contributed by atoms with E-state index in [2.05, 4.69) is 15.1 Å². The lowest BCUT2D eigenvalue weighted by molar-refractivity contribution is 0.187. The number of nitrogens with two attached hydrogens (primary N) is 1. The quantitative estimate of drug-likeness (QED) is 0.846. The summed E-state index contributed by atoms with van der Waals surface area (Å²) in [4.78, 5) is 8.45. The summed E-state index contributed by atoms with van der Waals surface area (Å²) in [5, 5.41) is 4.00. The topological polar surface area (TPSA) is 87.1 Å². The summed E-state index contributed by atoms with van der Waals surface area (Å²) in [7, 11) is 0. The highest BCUT2D eigenvalue weighted by Gasteiger charge is 2.31. The number of aromatic nitrogens is 3. The molecule has 0 aromatic carbocycles. The largest absolute Gasteiger partial charge is 0.379 e. The molecule has 6 heteroatoms. The molecule has 2 unspecified atom stereocenters. The van der Waals surface area contributed by atoms with Gasteiger partial charge in [0, 0.05) is 24.0 Å². The Kier molecular flexibility index (Phi) is 2.81. The highest BCUT2D eigenvalue weighted by Crippen LogP contribution is 2.26. The molecule has 1 aliphatic rings. The molecule has 2 atom stereocenters. The van der Waals surface area contributed by atoms with Crippen LogP contribution in [0.3, 0.4) is 0 Å². The second-order valence-electron chi connectivity index (χ2n) is 4.45. The number of nitrogens with zero attached hydrogens (tertiary/aromatic N) is 3. The van der Waals surface area contributed by atoms with Crippen molar-refractivity contribution in [3.63, 3.8) is 0 Å². The van der Waals surface area contributed by atoms with Gasteiger partial charge < -0.3 is 15.0 Å².